The molecular weight excluding hydrogens is 352 g/mol. The molecule has 2 N–H and O–H groups in total. The highest BCUT2D eigenvalue weighted by Gasteiger charge is 2.18. The number of rotatable bonds is 6. The van der Waals surface area contributed by atoms with E-state index in [0.717, 1.165) is 26.2 Å². The van der Waals surface area contributed by atoms with E-state index in [-0.39, 0.29) is 18.5 Å². The highest BCUT2D eigenvalue weighted by molar-refractivity contribution is 5.85. The minimum Gasteiger partial charge on any atom is -0.381 e. The molecule has 1 saturated heterocycles. The Morgan fingerprint density at radius 2 is 2.07 bits per heavy atom. The van der Waals surface area contributed by atoms with Gasteiger partial charge in [-0.1, -0.05) is 18.2 Å². The molecule has 1 amide bonds. The van der Waals surface area contributed by atoms with E-state index in [0.29, 0.717) is 11.9 Å². The van der Waals surface area contributed by atoms with E-state index < -0.39 is 0 Å². The number of nitrogens with zero attached hydrogens (tertiary/aromatic N) is 2. The number of likely N-dealkylation sites (N-methyl/N-ethyl adjacent to an activating group) is 1. The summed E-state index contributed by atoms with van der Waals surface area (Å²) in [7, 11) is 3.51. The standard InChI is InChI=1S/C22H34N4O2/c1-16(19-9-8-18-6-4-5-7-20(18)12-19)25-22(24-14-21(27)26(2)3)23-13-17-10-11-28-15-17/h8-9,12,16-17H,4-7,10-11,13-15H2,1-3H3,(H2,23,24,25). The maximum atomic E-state index is 12.0. The Bertz CT molecular complexity index is 696. The lowest BCUT2D eigenvalue weighted by Gasteiger charge is -2.22. The molecule has 28 heavy (non-hydrogen) atoms. The predicted octanol–water partition coefficient (Wildman–Crippen LogP) is 2.29. The first-order valence-electron chi connectivity index (χ1n) is 10.5. The van der Waals surface area contributed by atoms with E-state index in [4.69, 9.17) is 4.74 Å². The van der Waals surface area contributed by atoms with E-state index in [1.165, 1.54) is 42.4 Å². The van der Waals surface area contributed by atoms with Crippen LogP contribution < -0.4 is 10.6 Å². The molecule has 0 radical (unpaired) electrons. The smallest absolute Gasteiger partial charge is 0.243 e. The monoisotopic (exact) mass is 386 g/mol. The third kappa shape index (κ3) is 5.71. The average Bonchev–Trinajstić information content (AvgIpc) is 3.22. The molecule has 1 heterocycles. The second-order valence-electron chi connectivity index (χ2n) is 8.16. The number of guanidine groups is 1. The van der Waals surface area contributed by atoms with Crippen LogP contribution in [0, 0.1) is 5.92 Å². The number of fused-ring (bicyclic) bond motifs is 1. The minimum atomic E-state index is -0.00765. The van der Waals surface area contributed by atoms with Crippen LogP contribution in [-0.4, -0.2) is 57.2 Å². The molecule has 6 nitrogen and oxygen atoms in total. The van der Waals surface area contributed by atoms with Crippen molar-refractivity contribution in [1.29, 1.82) is 0 Å². The van der Waals surface area contributed by atoms with E-state index >= 15 is 0 Å². The first-order chi connectivity index (χ1) is 13.5. The van der Waals surface area contributed by atoms with Gasteiger partial charge in [0.05, 0.1) is 12.6 Å². The topological polar surface area (TPSA) is 66.0 Å². The molecule has 1 aromatic carbocycles. The van der Waals surface area contributed by atoms with E-state index in [9.17, 15) is 4.79 Å². The van der Waals surface area contributed by atoms with Gasteiger partial charge in [-0.05, 0) is 55.7 Å². The van der Waals surface area contributed by atoms with Crippen molar-refractivity contribution in [2.45, 2.75) is 45.1 Å². The Labute approximate surface area is 168 Å². The van der Waals surface area contributed by atoms with Crippen molar-refractivity contribution in [3.05, 3.63) is 34.9 Å². The van der Waals surface area contributed by atoms with Gasteiger partial charge in [-0.3, -0.25) is 4.79 Å². The van der Waals surface area contributed by atoms with Crippen molar-refractivity contribution in [2.75, 3.05) is 40.4 Å². The van der Waals surface area contributed by atoms with Crippen LogP contribution in [-0.2, 0) is 22.4 Å². The number of carbonyl (C=O) groups excluding carboxylic acids is 1. The van der Waals surface area contributed by atoms with E-state index in [1.54, 1.807) is 19.0 Å². The molecule has 0 spiro atoms. The number of carbonyl (C=O) groups is 1. The minimum absolute atomic E-state index is 0.00765. The molecule has 3 rings (SSSR count). The van der Waals surface area contributed by atoms with Crippen LogP contribution in [0.2, 0.25) is 0 Å². The molecule has 2 aliphatic rings. The SMILES string of the molecule is CC(NC(=NCC(=O)N(C)C)NCC1CCOC1)c1ccc2c(c1)CCCC2. The third-order valence-electron chi connectivity index (χ3n) is 5.68. The number of amides is 1. The normalized spacial score (nSPS) is 20.4. The Morgan fingerprint density at radius 3 is 2.79 bits per heavy atom. The van der Waals surface area contributed by atoms with Gasteiger partial charge in [-0.15, -0.1) is 0 Å². The summed E-state index contributed by atoms with van der Waals surface area (Å²) in [6, 6.07) is 6.94. The molecular formula is C22H34N4O2. The van der Waals surface area contributed by atoms with Gasteiger partial charge in [-0.25, -0.2) is 4.99 Å². The van der Waals surface area contributed by atoms with Gasteiger partial charge < -0.3 is 20.3 Å². The van der Waals surface area contributed by atoms with Crippen LogP contribution >= 0.6 is 0 Å². The van der Waals surface area contributed by atoms with E-state index in [1.807, 2.05) is 0 Å². The van der Waals surface area contributed by atoms with Crippen LogP contribution in [0.1, 0.15) is 48.9 Å². The van der Waals surface area contributed by atoms with Gasteiger partial charge in [-0.2, -0.15) is 0 Å². The number of nitrogens with one attached hydrogen (secondary N) is 2. The van der Waals surface area contributed by atoms with Gasteiger partial charge in [0, 0.05) is 33.2 Å². The van der Waals surface area contributed by atoms with Crippen molar-refractivity contribution in [1.82, 2.24) is 15.5 Å². The first-order valence-corrected chi connectivity index (χ1v) is 10.5. The lowest BCUT2D eigenvalue weighted by Crippen LogP contribution is -2.42. The Kier molecular flexibility index (Phi) is 7.31. The average molecular weight is 387 g/mol. The molecule has 2 unspecified atom stereocenters. The second kappa shape index (κ2) is 9.92. The van der Waals surface area contributed by atoms with Crippen molar-refractivity contribution in [3.8, 4) is 0 Å². The summed E-state index contributed by atoms with van der Waals surface area (Å²) in [6.45, 7) is 4.71. The Balaban J connectivity index is 1.66. The molecule has 6 heteroatoms. The molecule has 154 valence electrons. The van der Waals surface area contributed by atoms with Crippen molar-refractivity contribution in [3.63, 3.8) is 0 Å². The number of ether oxygens (including phenoxy) is 1. The van der Waals surface area contributed by atoms with Gasteiger partial charge in [0.15, 0.2) is 5.96 Å². The lowest BCUT2D eigenvalue weighted by molar-refractivity contribution is -0.127. The van der Waals surface area contributed by atoms with Crippen molar-refractivity contribution < 1.29 is 9.53 Å². The van der Waals surface area contributed by atoms with Crippen LogP contribution in [0.15, 0.2) is 23.2 Å². The van der Waals surface area contributed by atoms with Crippen molar-refractivity contribution >= 4 is 11.9 Å². The number of hydrogen-bond acceptors (Lipinski definition) is 3. The summed E-state index contributed by atoms with van der Waals surface area (Å²) in [5, 5.41) is 6.89. The predicted molar refractivity (Wildman–Crippen MR) is 113 cm³/mol. The molecule has 1 aliphatic carbocycles. The zero-order valence-corrected chi connectivity index (χ0v) is 17.5. The Hall–Kier alpha value is -2.08. The summed E-state index contributed by atoms with van der Waals surface area (Å²) in [4.78, 5) is 18.1. The highest BCUT2D eigenvalue weighted by atomic mass is 16.5. The Morgan fingerprint density at radius 1 is 1.29 bits per heavy atom. The van der Waals surface area contributed by atoms with Gasteiger partial charge in [0.2, 0.25) is 5.91 Å². The number of aliphatic imine (C=N–C) groups is 1. The number of benzene rings is 1. The second-order valence-corrected chi connectivity index (χ2v) is 8.16. The van der Waals surface area contributed by atoms with Gasteiger partial charge >= 0.3 is 0 Å². The third-order valence-corrected chi connectivity index (χ3v) is 5.68. The number of aryl methyl sites for hydroxylation is 2. The molecule has 2 atom stereocenters. The fraction of sp³-hybridized carbons (Fsp3) is 0.636. The summed E-state index contributed by atoms with van der Waals surface area (Å²) in [5.74, 6) is 1.18. The van der Waals surface area contributed by atoms with Crippen LogP contribution in [0.25, 0.3) is 0 Å². The highest BCUT2D eigenvalue weighted by Crippen LogP contribution is 2.24. The van der Waals surface area contributed by atoms with Gasteiger partial charge in [0.25, 0.3) is 0 Å². The van der Waals surface area contributed by atoms with Crippen LogP contribution in [0.3, 0.4) is 0 Å². The van der Waals surface area contributed by atoms with Crippen LogP contribution in [0.5, 0.6) is 0 Å². The largest absolute Gasteiger partial charge is 0.381 e. The zero-order valence-electron chi connectivity index (χ0n) is 17.5. The van der Waals surface area contributed by atoms with Crippen molar-refractivity contribution in [2.24, 2.45) is 10.9 Å². The molecule has 0 aromatic heterocycles. The van der Waals surface area contributed by atoms with E-state index in [2.05, 4.69) is 40.7 Å². The van der Waals surface area contributed by atoms with Crippen LogP contribution in [0.4, 0.5) is 0 Å². The molecule has 1 aromatic rings. The molecule has 1 fully saturated rings. The maximum absolute atomic E-state index is 12.0. The fourth-order valence-electron chi connectivity index (χ4n) is 3.74. The zero-order chi connectivity index (χ0) is 19.9. The number of hydrogen-bond donors (Lipinski definition) is 2. The fourth-order valence-corrected chi connectivity index (χ4v) is 3.74. The molecule has 0 bridgehead atoms. The summed E-state index contributed by atoms with van der Waals surface area (Å²) in [6.07, 6.45) is 6.02. The summed E-state index contributed by atoms with van der Waals surface area (Å²) < 4.78 is 5.46. The maximum Gasteiger partial charge on any atom is 0.243 e. The lowest BCUT2D eigenvalue weighted by atomic mass is 9.89. The summed E-state index contributed by atoms with van der Waals surface area (Å²) >= 11 is 0. The molecule has 0 saturated carbocycles. The summed E-state index contributed by atoms with van der Waals surface area (Å²) in [5.41, 5.74) is 4.24. The first kappa shape index (κ1) is 20.6. The molecule has 1 aliphatic heterocycles. The quantitative estimate of drug-likeness (QED) is 0.582. The van der Waals surface area contributed by atoms with Gasteiger partial charge in [0.1, 0.15) is 6.54 Å².